The number of benzene rings is 2. The van der Waals surface area contributed by atoms with E-state index in [1.54, 1.807) is 0 Å². The highest BCUT2D eigenvalue weighted by Gasteiger charge is 2.14. The van der Waals surface area contributed by atoms with Crippen LogP contribution in [0.4, 0.5) is 0 Å². The van der Waals surface area contributed by atoms with Crippen molar-refractivity contribution in [3.8, 4) is 0 Å². The minimum atomic E-state index is -0.428. The lowest BCUT2D eigenvalue weighted by Gasteiger charge is -2.20. The molecule has 2 aromatic carbocycles. The van der Waals surface area contributed by atoms with E-state index in [1.807, 2.05) is 12.1 Å². The van der Waals surface area contributed by atoms with Crippen LogP contribution in [0.1, 0.15) is 17.2 Å². The van der Waals surface area contributed by atoms with Crippen LogP contribution < -0.4 is 23.6 Å². The Labute approximate surface area is 209 Å². The zero-order valence-corrected chi connectivity index (χ0v) is 21.3. The van der Waals surface area contributed by atoms with Gasteiger partial charge in [0.2, 0.25) is 5.28 Å². The first kappa shape index (κ1) is 29.8. The molecule has 0 unspecified atom stereocenters. The Bertz CT molecular complexity index is 1260. The van der Waals surface area contributed by atoms with Gasteiger partial charge in [-0.15, -0.1) is 0 Å². The topological polar surface area (TPSA) is 155 Å². The SMILES string of the molecule is CN(C)CCOC(c1ccccc1)c1ccccc1.Cn1c(=O)c2[nH]c(Cl)nc2n(C)c1=O.N.N. The first-order chi connectivity index (χ1) is 15.8. The average Bonchev–Trinajstić information content (AvgIpc) is 3.22. The van der Waals surface area contributed by atoms with E-state index in [0.29, 0.717) is 0 Å². The number of aromatic amines is 1. The molecule has 0 aliphatic carbocycles. The molecular weight excluding hydrogens is 470 g/mol. The van der Waals surface area contributed by atoms with E-state index in [9.17, 15) is 9.59 Å². The quantitative estimate of drug-likeness (QED) is 0.341. The number of nitrogens with one attached hydrogen (secondary N) is 1. The molecule has 4 rings (SSSR count). The van der Waals surface area contributed by atoms with Crippen LogP contribution in [0.5, 0.6) is 0 Å². The van der Waals surface area contributed by atoms with Crippen LogP contribution in [0.2, 0.25) is 5.28 Å². The molecular formula is C24H34ClN7O3. The Hall–Kier alpha value is -3.28. The van der Waals surface area contributed by atoms with Gasteiger partial charge in [0.15, 0.2) is 11.2 Å². The van der Waals surface area contributed by atoms with Crippen LogP contribution >= 0.6 is 11.6 Å². The maximum atomic E-state index is 11.5. The number of hydrogen-bond acceptors (Lipinski definition) is 7. The number of imidazole rings is 1. The van der Waals surface area contributed by atoms with Gasteiger partial charge in [-0.25, -0.2) is 4.79 Å². The highest BCUT2D eigenvalue weighted by molar-refractivity contribution is 6.28. The molecule has 0 aliphatic rings. The predicted molar refractivity (Wildman–Crippen MR) is 141 cm³/mol. The molecule has 0 amide bonds. The number of fused-ring (bicyclic) bond motifs is 1. The zero-order chi connectivity index (χ0) is 24.0. The average molecular weight is 504 g/mol. The minimum Gasteiger partial charge on any atom is -0.367 e. The molecule has 0 saturated heterocycles. The van der Waals surface area contributed by atoms with Crippen molar-refractivity contribution < 1.29 is 4.74 Å². The highest BCUT2D eigenvalue weighted by Crippen LogP contribution is 2.25. The van der Waals surface area contributed by atoms with E-state index < -0.39 is 11.2 Å². The maximum absolute atomic E-state index is 11.5. The molecule has 0 atom stereocenters. The summed E-state index contributed by atoms with van der Waals surface area (Å²) in [5.41, 5.74) is 2.05. The van der Waals surface area contributed by atoms with Crippen LogP contribution in [0.15, 0.2) is 70.3 Å². The second-order valence-electron chi connectivity index (χ2n) is 7.81. The molecule has 190 valence electrons. The number of likely N-dealkylation sites (N-methyl/N-ethyl adjacent to an activating group) is 1. The Balaban J connectivity index is 0.000000344. The van der Waals surface area contributed by atoms with Crippen LogP contribution in [-0.4, -0.2) is 51.2 Å². The molecule has 2 aromatic heterocycles. The van der Waals surface area contributed by atoms with Gasteiger partial charge in [0.1, 0.15) is 6.10 Å². The molecule has 2 heterocycles. The van der Waals surface area contributed by atoms with E-state index in [2.05, 4.69) is 77.5 Å². The molecule has 4 aromatic rings. The lowest BCUT2D eigenvalue weighted by Crippen LogP contribution is -2.36. The molecule has 0 spiro atoms. The van der Waals surface area contributed by atoms with Crippen LogP contribution in [0.3, 0.4) is 0 Å². The van der Waals surface area contributed by atoms with E-state index in [0.717, 1.165) is 17.7 Å². The highest BCUT2D eigenvalue weighted by atomic mass is 35.5. The van der Waals surface area contributed by atoms with Crippen LogP contribution in [0.25, 0.3) is 11.2 Å². The van der Waals surface area contributed by atoms with Crippen molar-refractivity contribution in [1.82, 2.24) is 36.3 Å². The second-order valence-corrected chi connectivity index (χ2v) is 8.17. The summed E-state index contributed by atoms with van der Waals surface area (Å²) in [5.74, 6) is 0. The summed E-state index contributed by atoms with van der Waals surface area (Å²) in [5, 5.41) is 0.0956. The van der Waals surface area contributed by atoms with Gasteiger partial charge in [-0.05, 0) is 36.8 Å². The van der Waals surface area contributed by atoms with Crippen molar-refractivity contribution >= 4 is 22.8 Å². The third-order valence-electron chi connectivity index (χ3n) is 5.09. The van der Waals surface area contributed by atoms with Gasteiger partial charge in [-0.3, -0.25) is 13.9 Å². The third-order valence-corrected chi connectivity index (χ3v) is 5.27. The molecule has 0 bridgehead atoms. The molecule has 0 saturated carbocycles. The van der Waals surface area contributed by atoms with E-state index in [4.69, 9.17) is 16.3 Å². The Kier molecular flexibility index (Phi) is 11.5. The second kappa shape index (κ2) is 13.6. The van der Waals surface area contributed by atoms with Gasteiger partial charge >= 0.3 is 5.69 Å². The summed E-state index contributed by atoms with van der Waals surface area (Å²) in [6.45, 7) is 1.65. The van der Waals surface area contributed by atoms with E-state index in [-0.39, 0.29) is 34.9 Å². The summed E-state index contributed by atoms with van der Waals surface area (Å²) in [6.07, 6.45) is 0.0161. The van der Waals surface area contributed by atoms with E-state index in [1.165, 1.54) is 29.8 Å². The molecule has 0 fully saturated rings. The molecule has 11 heteroatoms. The van der Waals surface area contributed by atoms with E-state index >= 15 is 0 Å². The van der Waals surface area contributed by atoms with Gasteiger partial charge in [0.05, 0.1) is 6.61 Å². The number of aryl methyl sites for hydroxylation is 1. The Morgan fingerprint density at radius 3 is 1.94 bits per heavy atom. The first-order valence-corrected chi connectivity index (χ1v) is 10.8. The number of hydrogen-bond donors (Lipinski definition) is 3. The summed E-state index contributed by atoms with van der Waals surface area (Å²) in [6, 6.07) is 20.8. The lowest BCUT2D eigenvalue weighted by molar-refractivity contribution is 0.0687. The number of H-pyrrole nitrogens is 1. The summed E-state index contributed by atoms with van der Waals surface area (Å²) >= 11 is 5.60. The van der Waals surface area contributed by atoms with Crippen molar-refractivity contribution in [3.05, 3.63) is 97.9 Å². The fourth-order valence-corrected chi connectivity index (χ4v) is 3.47. The summed E-state index contributed by atoms with van der Waals surface area (Å²) < 4.78 is 8.34. The predicted octanol–water partition coefficient (Wildman–Crippen LogP) is 3.29. The third kappa shape index (κ3) is 7.35. The van der Waals surface area contributed by atoms with Crippen molar-refractivity contribution in [2.45, 2.75) is 6.10 Å². The lowest BCUT2D eigenvalue weighted by atomic mass is 10.0. The van der Waals surface area contributed by atoms with Crippen LogP contribution in [-0.2, 0) is 18.8 Å². The minimum absolute atomic E-state index is 0. The van der Waals surface area contributed by atoms with Gasteiger partial charge in [0.25, 0.3) is 5.56 Å². The van der Waals surface area contributed by atoms with Crippen LogP contribution in [0, 0.1) is 0 Å². The number of nitrogens with zero attached hydrogens (tertiary/aromatic N) is 4. The van der Waals surface area contributed by atoms with Gasteiger partial charge < -0.3 is 26.9 Å². The molecule has 0 aliphatic heterocycles. The largest absolute Gasteiger partial charge is 0.367 e. The first-order valence-electron chi connectivity index (χ1n) is 10.5. The number of rotatable bonds is 6. The molecule has 35 heavy (non-hydrogen) atoms. The smallest absolute Gasteiger partial charge is 0.332 e. The normalized spacial score (nSPS) is 10.5. The van der Waals surface area contributed by atoms with Crippen molar-refractivity contribution in [1.29, 1.82) is 0 Å². The Morgan fingerprint density at radius 1 is 0.943 bits per heavy atom. The number of ether oxygens (including phenoxy) is 1. The zero-order valence-electron chi connectivity index (χ0n) is 20.6. The van der Waals surface area contributed by atoms with Gasteiger partial charge in [0, 0.05) is 20.6 Å². The standard InChI is InChI=1S/C17H21NO.C7H7ClN4O2.2H3N/c1-18(2)13-14-19-17(15-9-5-3-6-10-15)16-11-7-4-8-12-16;1-11-4-3(9-6(8)10-4)5(13)12(2)7(11)14;;/h3-12,17H,13-14H2,1-2H3;1-2H3,(H,9,10);2*1H3. The van der Waals surface area contributed by atoms with Gasteiger partial charge in [-0.1, -0.05) is 60.7 Å². The number of halogens is 1. The van der Waals surface area contributed by atoms with Crippen molar-refractivity contribution in [2.24, 2.45) is 14.1 Å². The monoisotopic (exact) mass is 503 g/mol. The molecule has 0 radical (unpaired) electrons. The fraction of sp³-hybridized carbons (Fsp3) is 0.292. The molecule has 7 N–H and O–H groups in total. The number of aromatic nitrogens is 4. The van der Waals surface area contributed by atoms with Crippen molar-refractivity contribution in [3.63, 3.8) is 0 Å². The molecule has 10 nitrogen and oxygen atoms in total. The fourth-order valence-electron chi connectivity index (χ4n) is 3.29. The maximum Gasteiger partial charge on any atom is 0.332 e. The summed E-state index contributed by atoms with van der Waals surface area (Å²) in [7, 11) is 7.05. The Morgan fingerprint density at radius 2 is 1.46 bits per heavy atom. The van der Waals surface area contributed by atoms with Crippen molar-refractivity contribution in [2.75, 3.05) is 27.2 Å². The summed E-state index contributed by atoms with van der Waals surface area (Å²) in [4.78, 5) is 31.5. The van der Waals surface area contributed by atoms with Gasteiger partial charge in [-0.2, -0.15) is 4.98 Å².